The molecule has 2 fully saturated rings. The molecule has 1 aromatic rings. The van der Waals surface area contributed by atoms with Gasteiger partial charge in [-0.05, 0) is 31.5 Å². The minimum Gasteiger partial charge on any atom is -0.339 e. The van der Waals surface area contributed by atoms with Crippen molar-refractivity contribution < 1.29 is 4.79 Å². The quantitative estimate of drug-likeness (QED) is 0.824. The van der Waals surface area contributed by atoms with Crippen LogP contribution in [0.15, 0.2) is 36.4 Å². The third-order valence-electron chi connectivity index (χ3n) is 5.26. The van der Waals surface area contributed by atoms with Gasteiger partial charge >= 0.3 is 0 Å². The predicted octanol–water partition coefficient (Wildman–Crippen LogP) is 2.72. The van der Waals surface area contributed by atoms with E-state index in [2.05, 4.69) is 51.1 Å². The van der Waals surface area contributed by atoms with Crippen LogP contribution in [0.2, 0.25) is 0 Å². The van der Waals surface area contributed by atoms with Gasteiger partial charge in [-0.2, -0.15) is 0 Å². The molecule has 1 amide bonds. The van der Waals surface area contributed by atoms with Crippen molar-refractivity contribution in [2.45, 2.75) is 25.7 Å². The van der Waals surface area contributed by atoms with Crippen molar-refractivity contribution in [3.8, 4) is 0 Å². The molecule has 4 nitrogen and oxygen atoms in total. The molecule has 2 aliphatic heterocycles. The number of piperazine rings is 1. The zero-order valence-corrected chi connectivity index (χ0v) is 15.3. The SMILES string of the molecule is O=C(CN1CCCCCC1)N1CCN(C/C=C/c2ccccc2)CC1. The lowest BCUT2D eigenvalue weighted by Gasteiger charge is -2.35. The van der Waals surface area contributed by atoms with Crippen molar-refractivity contribution in [3.63, 3.8) is 0 Å². The Kier molecular flexibility index (Phi) is 7.07. The van der Waals surface area contributed by atoms with Gasteiger partial charge in [-0.25, -0.2) is 0 Å². The van der Waals surface area contributed by atoms with Crippen LogP contribution in [0.3, 0.4) is 0 Å². The Morgan fingerprint density at radius 2 is 1.52 bits per heavy atom. The minimum atomic E-state index is 0.321. The lowest BCUT2D eigenvalue weighted by atomic mass is 10.2. The summed E-state index contributed by atoms with van der Waals surface area (Å²) in [5, 5.41) is 0. The third kappa shape index (κ3) is 5.98. The first-order valence-corrected chi connectivity index (χ1v) is 9.75. The second-order valence-corrected chi connectivity index (χ2v) is 7.18. The lowest BCUT2D eigenvalue weighted by Crippen LogP contribution is -2.51. The zero-order chi connectivity index (χ0) is 17.3. The first kappa shape index (κ1) is 18.2. The van der Waals surface area contributed by atoms with Gasteiger partial charge in [-0.1, -0.05) is 55.3 Å². The molecule has 2 aliphatic rings. The van der Waals surface area contributed by atoms with Crippen molar-refractivity contribution in [1.82, 2.24) is 14.7 Å². The first-order chi connectivity index (χ1) is 12.3. The number of likely N-dealkylation sites (tertiary alicyclic amines) is 1. The molecule has 4 heteroatoms. The van der Waals surface area contributed by atoms with E-state index >= 15 is 0 Å². The summed E-state index contributed by atoms with van der Waals surface area (Å²) in [5.41, 5.74) is 1.24. The Bertz CT molecular complexity index is 542. The van der Waals surface area contributed by atoms with E-state index in [4.69, 9.17) is 0 Å². The van der Waals surface area contributed by atoms with Gasteiger partial charge < -0.3 is 4.90 Å². The Morgan fingerprint density at radius 1 is 0.840 bits per heavy atom. The van der Waals surface area contributed by atoms with E-state index in [0.29, 0.717) is 12.5 Å². The number of carbonyl (C=O) groups is 1. The molecule has 3 rings (SSSR count). The summed E-state index contributed by atoms with van der Waals surface area (Å²) in [6.45, 7) is 7.45. The molecule has 0 aliphatic carbocycles. The smallest absolute Gasteiger partial charge is 0.236 e. The highest BCUT2D eigenvalue weighted by atomic mass is 16.2. The minimum absolute atomic E-state index is 0.321. The molecule has 0 atom stereocenters. The van der Waals surface area contributed by atoms with Gasteiger partial charge in [0.05, 0.1) is 6.54 Å². The first-order valence-electron chi connectivity index (χ1n) is 9.75. The molecule has 0 N–H and O–H groups in total. The fraction of sp³-hybridized carbons (Fsp3) is 0.571. The van der Waals surface area contributed by atoms with Gasteiger partial charge in [0.1, 0.15) is 0 Å². The van der Waals surface area contributed by atoms with Crippen molar-refractivity contribution in [2.24, 2.45) is 0 Å². The average Bonchev–Trinajstić information content (AvgIpc) is 2.92. The van der Waals surface area contributed by atoms with Gasteiger partial charge in [-0.15, -0.1) is 0 Å². The molecule has 25 heavy (non-hydrogen) atoms. The highest BCUT2D eigenvalue weighted by molar-refractivity contribution is 5.78. The standard InChI is InChI=1S/C21H31N3O/c25-21(19-23-12-6-1-2-7-13-23)24-17-15-22(16-18-24)14-8-11-20-9-4-3-5-10-20/h3-5,8-11H,1-2,6-7,12-19H2/b11-8+. The summed E-state index contributed by atoms with van der Waals surface area (Å²) in [4.78, 5) is 19.4. The van der Waals surface area contributed by atoms with E-state index in [1.165, 1.54) is 31.2 Å². The second-order valence-electron chi connectivity index (χ2n) is 7.18. The number of rotatable bonds is 5. The maximum atomic E-state index is 12.5. The van der Waals surface area contributed by atoms with Crippen LogP contribution in [0.5, 0.6) is 0 Å². The normalized spacial score (nSPS) is 20.7. The maximum Gasteiger partial charge on any atom is 0.236 e. The van der Waals surface area contributed by atoms with Crippen LogP contribution in [0.4, 0.5) is 0 Å². The summed E-state index contributed by atoms with van der Waals surface area (Å²) in [6, 6.07) is 10.4. The van der Waals surface area contributed by atoms with Crippen LogP contribution in [0, 0.1) is 0 Å². The van der Waals surface area contributed by atoms with Crippen LogP contribution in [0.1, 0.15) is 31.2 Å². The summed E-state index contributed by atoms with van der Waals surface area (Å²) < 4.78 is 0. The summed E-state index contributed by atoms with van der Waals surface area (Å²) in [7, 11) is 0. The van der Waals surface area contributed by atoms with Gasteiger partial charge in [0.2, 0.25) is 5.91 Å². The molecule has 136 valence electrons. The number of hydrogen-bond acceptors (Lipinski definition) is 3. The Labute approximate surface area is 152 Å². The number of hydrogen-bond donors (Lipinski definition) is 0. The van der Waals surface area contributed by atoms with E-state index in [9.17, 15) is 4.79 Å². The molecule has 1 aromatic carbocycles. The van der Waals surface area contributed by atoms with Crippen LogP contribution >= 0.6 is 0 Å². The van der Waals surface area contributed by atoms with Gasteiger partial charge in [0.15, 0.2) is 0 Å². The maximum absolute atomic E-state index is 12.5. The monoisotopic (exact) mass is 341 g/mol. The van der Waals surface area contributed by atoms with Gasteiger partial charge in [-0.3, -0.25) is 14.6 Å². The molecule has 0 bridgehead atoms. The molecule has 0 aromatic heterocycles. The third-order valence-corrected chi connectivity index (χ3v) is 5.26. The second kappa shape index (κ2) is 9.73. The highest BCUT2D eigenvalue weighted by Crippen LogP contribution is 2.11. The predicted molar refractivity (Wildman–Crippen MR) is 103 cm³/mol. The molecule has 2 heterocycles. The fourth-order valence-electron chi connectivity index (χ4n) is 3.67. The summed E-state index contributed by atoms with van der Waals surface area (Å²) in [5.74, 6) is 0.321. The highest BCUT2D eigenvalue weighted by Gasteiger charge is 2.22. The topological polar surface area (TPSA) is 26.8 Å². The molecule has 0 saturated carbocycles. The number of amides is 1. The Morgan fingerprint density at radius 3 is 2.20 bits per heavy atom. The van der Waals surface area contributed by atoms with E-state index in [0.717, 1.165) is 45.8 Å². The molecular formula is C21H31N3O. The van der Waals surface area contributed by atoms with Crippen LogP contribution in [0.25, 0.3) is 6.08 Å². The molecule has 0 spiro atoms. The average molecular weight is 341 g/mol. The molecular weight excluding hydrogens is 310 g/mol. The summed E-state index contributed by atoms with van der Waals surface area (Å²) >= 11 is 0. The van der Waals surface area contributed by atoms with Crippen LogP contribution in [-0.4, -0.2) is 73.0 Å². The van der Waals surface area contributed by atoms with E-state index in [1.807, 2.05) is 6.07 Å². The van der Waals surface area contributed by atoms with Crippen molar-refractivity contribution in [3.05, 3.63) is 42.0 Å². The van der Waals surface area contributed by atoms with Crippen molar-refractivity contribution in [2.75, 3.05) is 52.4 Å². The van der Waals surface area contributed by atoms with Crippen molar-refractivity contribution in [1.29, 1.82) is 0 Å². The number of benzene rings is 1. The van der Waals surface area contributed by atoms with Crippen molar-refractivity contribution >= 4 is 12.0 Å². The lowest BCUT2D eigenvalue weighted by molar-refractivity contribution is -0.134. The van der Waals surface area contributed by atoms with Crippen LogP contribution in [-0.2, 0) is 4.79 Å². The summed E-state index contributed by atoms with van der Waals surface area (Å²) in [6.07, 6.45) is 9.53. The molecule has 2 saturated heterocycles. The Hall–Kier alpha value is -1.65. The zero-order valence-electron chi connectivity index (χ0n) is 15.3. The van der Waals surface area contributed by atoms with Crippen LogP contribution < -0.4 is 0 Å². The van der Waals surface area contributed by atoms with Gasteiger partial charge in [0, 0.05) is 32.7 Å². The Balaban J connectivity index is 1.37. The molecule has 0 radical (unpaired) electrons. The van der Waals surface area contributed by atoms with E-state index < -0.39 is 0 Å². The molecule has 0 unspecified atom stereocenters. The van der Waals surface area contributed by atoms with E-state index in [1.54, 1.807) is 0 Å². The van der Waals surface area contributed by atoms with Gasteiger partial charge in [0.25, 0.3) is 0 Å². The number of nitrogens with zero attached hydrogens (tertiary/aromatic N) is 3. The number of carbonyl (C=O) groups excluding carboxylic acids is 1. The fourth-order valence-corrected chi connectivity index (χ4v) is 3.67. The largest absolute Gasteiger partial charge is 0.339 e. The van der Waals surface area contributed by atoms with E-state index in [-0.39, 0.29) is 0 Å².